The van der Waals surface area contributed by atoms with Crippen LogP contribution < -0.4 is 5.32 Å². The zero-order valence-corrected chi connectivity index (χ0v) is 13.0. The fourth-order valence-electron chi connectivity index (χ4n) is 1.97. The van der Waals surface area contributed by atoms with Crippen LogP contribution in [0.2, 0.25) is 0 Å². The van der Waals surface area contributed by atoms with Crippen molar-refractivity contribution >= 4 is 5.69 Å². The molecule has 0 aromatic heterocycles. The molecule has 1 rings (SSSR count). The van der Waals surface area contributed by atoms with Crippen LogP contribution >= 0.6 is 0 Å². The van der Waals surface area contributed by atoms with E-state index in [1.807, 2.05) is 0 Å². The zero-order valence-electron chi connectivity index (χ0n) is 13.0. The average molecular weight is 279 g/mol. The van der Waals surface area contributed by atoms with Gasteiger partial charge in [0.1, 0.15) is 0 Å². The molecular weight excluding hydrogens is 250 g/mol. The molecule has 0 atom stereocenters. The summed E-state index contributed by atoms with van der Waals surface area (Å²) in [6.45, 7) is 5.61. The van der Waals surface area contributed by atoms with E-state index < -0.39 is 0 Å². The number of hydrogen-bond donors (Lipinski definition) is 1. The predicted molar refractivity (Wildman–Crippen MR) is 85.2 cm³/mol. The molecule has 1 aromatic carbocycles. The smallest absolute Gasteiger partial charge is 0.0716 e. The van der Waals surface area contributed by atoms with Crippen LogP contribution in [-0.4, -0.2) is 26.9 Å². The number of benzene rings is 1. The summed E-state index contributed by atoms with van der Waals surface area (Å²) in [5.74, 6) is 0. The molecule has 0 aliphatic heterocycles. The molecule has 3 nitrogen and oxygen atoms in total. The minimum absolute atomic E-state index is 0.698. The second kappa shape index (κ2) is 11.7. The van der Waals surface area contributed by atoms with Gasteiger partial charge in [-0.05, 0) is 37.0 Å². The second-order valence-corrected chi connectivity index (χ2v) is 5.08. The Morgan fingerprint density at radius 3 is 2.40 bits per heavy atom. The highest BCUT2D eigenvalue weighted by Gasteiger charge is 1.96. The van der Waals surface area contributed by atoms with Crippen molar-refractivity contribution in [2.75, 3.05) is 32.2 Å². The number of rotatable bonds is 12. The SMILES string of the molecule is CCCCCNc1ccc(COCCCCOC)cc1. The number of anilines is 1. The molecule has 0 aliphatic rings. The standard InChI is InChI=1S/C17H29NO2/c1-3-4-5-12-18-17-10-8-16(9-11-17)15-20-14-7-6-13-19-2/h8-11,18H,3-7,12-15H2,1-2H3. The van der Waals surface area contributed by atoms with E-state index in [0.717, 1.165) is 32.6 Å². The van der Waals surface area contributed by atoms with E-state index in [2.05, 4.69) is 36.5 Å². The van der Waals surface area contributed by atoms with Gasteiger partial charge in [0.05, 0.1) is 6.61 Å². The fraction of sp³-hybridized carbons (Fsp3) is 0.647. The summed E-state index contributed by atoms with van der Waals surface area (Å²) in [7, 11) is 1.73. The summed E-state index contributed by atoms with van der Waals surface area (Å²) < 4.78 is 10.6. The third kappa shape index (κ3) is 8.18. The molecule has 0 unspecified atom stereocenters. The summed E-state index contributed by atoms with van der Waals surface area (Å²) in [6, 6.07) is 8.54. The first-order valence-electron chi connectivity index (χ1n) is 7.76. The van der Waals surface area contributed by atoms with Crippen LogP contribution in [-0.2, 0) is 16.1 Å². The van der Waals surface area contributed by atoms with Crippen molar-refractivity contribution < 1.29 is 9.47 Å². The van der Waals surface area contributed by atoms with Gasteiger partial charge in [-0.15, -0.1) is 0 Å². The summed E-state index contributed by atoms with van der Waals surface area (Å²) in [6.07, 6.45) is 5.93. The summed E-state index contributed by atoms with van der Waals surface area (Å²) >= 11 is 0. The maximum Gasteiger partial charge on any atom is 0.0716 e. The molecule has 1 aromatic rings. The summed E-state index contributed by atoms with van der Waals surface area (Å²) in [5.41, 5.74) is 2.43. The van der Waals surface area contributed by atoms with Crippen molar-refractivity contribution in [3.8, 4) is 0 Å². The van der Waals surface area contributed by atoms with Crippen LogP contribution in [0.4, 0.5) is 5.69 Å². The van der Waals surface area contributed by atoms with E-state index >= 15 is 0 Å². The minimum atomic E-state index is 0.698. The Morgan fingerprint density at radius 1 is 0.950 bits per heavy atom. The Morgan fingerprint density at radius 2 is 1.70 bits per heavy atom. The molecular formula is C17H29NO2. The van der Waals surface area contributed by atoms with E-state index in [1.54, 1.807) is 7.11 Å². The molecule has 0 spiro atoms. The molecule has 0 saturated heterocycles. The molecule has 0 bridgehead atoms. The van der Waals surface area contributed by atoms with E-state index in [0.29, 0.717) is 6.61 Å². The van der Waals surface area contributed by atoms with Crippen molar-refractivity contribution in [3.05, 3.63) is 29.8 Å². The molecule has 0 saturated carbocycles. The lowest BCUT2D eigenvalue weighted by Crippen LogP contribution is -2.01. The third-order valence-electron chi connectivity index (χ3n) is 3.22. The maximum absolute atomic E-state index is 5.64. The summed E-state index contributed by atoms with van der Waals surface area (Å²) in [4.78, 5) is 0. The maximum atomic E-state index is 5.64. The van der Waals surface area contributed by atoms with Crippen molar-refractivity contribution in [2.24, 2.45) is 0 Å². The van der Waals surface area contributed by atoms with Gasteiger partial charge in [0.2, 0.25) is 0 Å². The number of methoxy groups -OCH3 is 1. The molecule has 1 N–H and O–H groups in total. The fourth-order valence-corrected chi connectivity index (χ4v) is 1.97. The molecule has 0 heterocycles. The first-order valence-corrected chi connectivity index (χ1v) is 7.76. The second-order valence-electron chi connectivity index (χ2n) is 5.08. The normalized spacial score (nSPS) is 10.7. The van der Waals surface area contributed by atoms with Gasteiger partial charge in [0, 0.05) is 32.6 Å². The van der Waals surface area contributed by atoms with Gasteiger partial charge in [0.15, 0.2) is 0 Å². The lowest BCUT2D eigenvalue weighted by molar-refractivity contribution is 0.108. The zero-order chi connectivity index (χ0) is 14.5. The van der Waals surface area contributed by atoms with E-state index in [1.165, 1.54) is 30.5 Å². The van der Waals surface area contributed by atoms with Crippen LogP contribution in [0.5, 0.6) is 0 Å². The van der Waals surface area contributed by atoms with Crippen LogP contribution in [0.3, 0.4) is 0 Å². The summed E-state index contributed by atoms with van der Waals surface area (Å²) in [5, 5.41) is 3.44. The van der Waals surface area contributed by atoms with Gasteiger partial charge in [-0.2, -0.15) is 0 Å². The molecule has 0 fully saturated rings. The quantitative estimate of drug-likeness (QED) is 0.581. The van der Waals surface area contributed by atoms with Crippen LogP contribution in [0, 0.1) is 0 Å². The monoisotopic (exact) mass is 279 g/mol. The average Bonchev–Trinajstić information content (AvgIpc) is 2.49. The first kappa shape index (κ1) is 17.0. The molecule has 20 heavy (non-hydrogen) atoms. The van der Waals surface area contributed by atoms with Crippen LogP contribution in [0.15, 0.2) is 24.3 Å². The van der Waals surface area contributed by atoms with Gasteiger partial charge in [-0.1, -0.05) is 31.9 Å². The Balaban J connectivity index is 2.12. The van der Waals surface area contributed by atoms with E-state index in [9.17, 15) is 0 Å². The van der Waals surface area contributed by atoms with Crippen molar-refractivity contribution in [1.29, 1.82) is 0 Å². The largest absolute Gasteiger partial charge is 0.385 e. The van der Waals surface area contributed by atoms with Crippen LogP contribution in [0.25, 0.3) is 0 Å². The minimum Gasteiger partial charge on any atom is -0.385 e. The van der Waals surface area contributed by atoms with Crippen molar-refractivity contribution in [2.45, 2.75) is 45.6 Å². The highest BCUT2D eigenvalue weighted by Crippen LogP contribution is 2.11. The molecule has 0 aliphatic carbocycles. The lowest BCUT2D eigenvalue weighted by Gasteiger charge is -2.08. The molecule has 0 amide bonds. The molecule has 3 heteroatoms. The molecule has 0 radical (unpaired) electrons. The van der Waals surface area contributed by atoms with E-state index in [4.69, 9.17) is 9.47 Å². The highest BCUT2D eigenvalue weighted by molar-refractivity contribution is 5.44. The lowest BCUT2D eigenvalue weighted by atomic mass is 10.2. The van der Waals surface area contributed by atoms with Crippen molar-refractivity contribution in [3.63, 3.8) is 0 Å². The van der Waals surface area contributed by atoms with Gasteiger partial charge in [0.25, 0.3) is 0 Å². The third-order valence-corrected chi connectivity index (χ3v) is 3.22. The predicted octanol–water partition coefficient (Wildman–Crippen LogP) is 4.23. The number of ether oxygens (including phenoxy) is 2. The Kier molecular flexibility index (Phi) is 9.98. The molecule has 114 valence electrons. The number of hydrogen-bond acceptors (Lipinski definition) is 3. The topological polar surface area (TPSA) is 30.5 Å². The van der Waals surface area contributed by atoms with Gasteiger partial charge in [-0.25, -0.2) is 0 Å². The highest BCUT2D eigenvalue weighted by atomic mass is 16.5. The Hall–Kier alpha value is -1.06. The Bertz CT molecular complexity index is 324. The van der Waals surface area contributed by atoms with Crippen LogP contribution in [0.1, 0.15) is 44.6 Å². The van der Waals surface area contributed by atoms with Crippen molar-refractivity contribution in [1.82, 2.24) is 0 Å². The number of unbranched alkanes of at least 4 members (excludes halogenated alkanes) is 3. The first-order chi connectivity index (χ1) is 9.86. The van der Waals surface area contributed by atoms with Gasteiger partial charge < -0.3 is 14.8 Å². The van der Waals surface area contributed by atoms with E-state index in [-0.39, 0.29) is 0 Å². The Labute approximate surface area is 123 Å². The number of nitrogens with one attached hydrogen (secondary N) is 1. The van der Waals surface area contributed by atoms with Gasteiger partial charge >= 0.3 is 0 Å². The van der Waals surface area contributed by atoms with Gasteiger partial charge in [-0.3, -0.25) is 0 Å².